The molecule has 33 heavy (non-hydrogen) atoms. The SMILES string of the molecule is CC[C@H](CC(=O)NC1CCCC1C(=O)O)NC(=O)OCC1c2ccccc2-c2ccccc21. The fraction of sp³-hybridized carbons (Fsp3) is 0.423. The number of fused-ring (bicyclic) bond motifs is 3. The molecule has 0 saturated heterocycles. The molecule has 1 fully saturated rings. The summed E-state index contributed by atoms with van der Waals surface area (Å²) < 4.78 is 5.58. The number of carboxylic acids is 1. The van der Waals surface area contributed by atoms with Gasteiger partial charge in [-0.3, -0.25) is 9.59 Å². The molecule has 7 heteroatoms. The van der Waals surface area contributed by atoms with Gasteiger partial charge in [0.1, 0.15) is 6.61 Å². The lowest BCUT2D eigenvalue weighted by Crippen LogP contribution is -2.44. The van der Waals surface area contributed by atoms with Gasteiger partial charge in [0.2, 0.25) is 5.91 Å². The summed E-state index contributed by atoms with van der Waals surface area (Å²) in [7, 11) is 0. The van der Waals surface area contributed by atoms with Crippen molar-refractivity contribution in [3.8, 4) is 11.1 Å². The molecule has 2 aliphatic rings. The number of hydrogen-bond donors (Lipinski definition) is 3. The Bertz CT molecular complexity index is 991. The first-order valence-corrected chi connectivity index (χ1v) is 11.6. The first kappa shape index (κ1) is 22.8. The predicted octanol–water partition coefficient (Wildman–Crippen LogP) is 4.06. The molecule has 174 valence electrons. The maximum absolute atomic E-state index is 12.5. The van der Waals surface area contributed by atoms with Crippen LogP contribution < -0.4 is 10.6 Å². The molecule has 2 aliphatic carbocycles. The predicted molar refractivity (Wildman–Crippen MR) is 124 cm³/mol. The van der Waals surface area contributed by atoms with Crippen LogP contribution >= 0.6 is 0 Å². The topological polar surface area (TPSA) is 105 Å². The average Bonchev–Trinajstić information content (AvgIpc) is 3.40. The average molecular weight is 451 g/mol. The van der Waals surface area contributed by atoms with Gasteiger partial charge < -0.3 is 20.5 Å². The van der Waals surface area contributed by atoms with Crippen molar-refractivity contribution in [2.45, 2.75) is 57.0 Å². The van der Waals surface area contributed by atoms with E-state index in [4.69, 9.17) is 4.74 Å². The normalized spacial score (nSPS) is 19.9. The van der Waals surface area contributed by atoms with Gasteiger partial charge in [0.25, 0.3) is 0 Å². The Morgan fingerprint density at radius 3 is 2.27 bits per heavy atom. The molecule has 2 amide bonds. The lowest BCUT2D eigenvalue weighted by atomic mass is 9.98. The van der Waals surface area contributed by atoms with Crippen molar-refractivity contribution in [1.82, 2.24) is 10.6 Å². The Balaban J connectivity index is 1.31. The molecule has 2 aromatic carbocycles. The smallest absolute Gasteiger partial charge is 0.407 e. The maximum atomic E-state index is 12.5. The summed E-state index contributed by atoms with van der Waals surface area (Å²) in [5, 5.41) is 14.9. The van der Waals surface area contributed by atoms with Gasteiger partial charge in [-0.05, 0) is 41.5 Å². The Labute approximate surface area is 193 Å². The number of amides is 2. The number of carboxylic acid groups (broad SMARTS) is 1. The van der Waals surface area contributed by atoms with Gasteiger partial charge in [-0.15, -0.1) is 0 Å². The number of benzene rings is 2. The van der Waals surface area contributed by atoms with Crippen molar-refractivity contribution < 1.29 is 24.2 Å². The fourth-order valence-corrected chi connectivity index (χ4v) is 5.02. The molecule has 0 bridgehead atoms. The van der Waals surface area contributed by atoms with E-state index in [9.17, 15) is 19.5 Å². The van der Waals surface area contributed by atoms with E-state index in [1.807, 2.05) is 31.2 Å². The Morgan fingerprint density at radius 2 is 1.67 bits per heavy atom. The van der Waals surface area contributed by atoms with Gasteiger partial charge in [0, 0.05) is 24.4 Å². The van der Waals surface area contributed by atoms with Gasteiger partial charge in [0.15, 0.2) is 0 Å². The number of carbonyl (C=O) groups excluding carboxylic acids is 2. The molecule has 3 N–H and O–H groups in total. The molecule has 1 saturated carbocycles. The van der Waals surface area contributed by atoms with Crippen LogP contribution in [0.4, 0.5) is 4.79 Å². The highest BCUT2D eigenvalue weighted by molar-refractivity contribution is 5.80. The zero-order valence-electron chi connectivity index (χ0n) is 18.8. The molecule has 0 radical (unpaired) electrons. The van der Waals surface area contributed by atoms with Crippen LogP contribution in [0.5, 0.6) is 0 Å². The number of hydrogen-bond acceptors (Lipinski definition) is 4. The minimum absolute atomic E-state index is 0.0261. The Morgan fingerprint density at radius 1 is 1.03 bits per heavy atom. The third-order valence-electron chi connectivity index (χ3n) is 6.77. The summed E-state index contributed by atoms with van der Waals surface area (Å²) in [5.74, 6) is -1.69. The van der Waals surface area contributed by atoms with Crippen LogP contribution in [-0.4, -0.2) is 41.8 Å². The molecular formula is C26H30N2O5. The minimum Gasteiger partial charge on any atom is -0.481 e. The third-order valence-corrected chi connectivity index (χ3v) is 6.77. The lowest BCUT2D eigenvalue weighted by Gasteiger charge is -2.21. The highest BCUT2D eigenvalue weighted by Gasteiger charge is 2.34. The van der Waals surface area contributed by atoms with E-state index in [1.54, 1.807) is 0 Å². The van der Waals surface area contributed by atoms with Gasteiger partial charge >= 0.3 is 12.1 Å². The van der Waals surface area contributed by atoms with E-state index >= 15 is 0 Å². The van der Waals surface area contributed by atoms with Crippen molar-refractivity contribution in [3.05, 3.63) is 59.7 Å². The van der Waals surface area contributed by atoms with E-state index in [1.165, 1.54) is 0 Å². The monoisotopic (exact) mass is 450 g/mol. The number of aliphatic carboxylic acids is 1. The molecule has 2 unspecified atom stereocenters. The van der Waals surface area contributed by atoms with Crippen molar-refractivity contribution in [2.24, 2.45) is 5.92 Å². The minimum atomic E-state index is -0.874. The van der Waals surface area contributed by atoms with Gasteiger partial charge in [-0.25, -0.2) is 4.79 Å². The third kappa shape index (κ3) is 5.02. The lowest BCUT2D eigenvalue weighted by molar-refractivity contribution is -0.142. The Hall–Kier alpha value is -3.35. The number of rotatable bonds is 8. The van der Waals surface area contributed by atoms with Crippen LogP contribution in [0.25, 0.3) is 11.1 Å². The Kier molecular flexibility index (Phi) is 6.96. The van der Waals surface area contributed by atoms with E-state index < -0.39 is 18.0 Å². The molecule has 0 aliphatic heterocycles. The van der Waals surface area contributed by atoms with Crippen LogP contribution in [-0.2, 0) is 14.3 Å². The number of carbonyl (C=O) groups is 3. The summed E-state index contributed by atoms with van der Waals surface area (Å²) in [6.45, 7) is 2.10. The quantitative estimate of drug-likeness (QED) is 0.563. The number of alkyl carbamates (subject to hydrolysis) is 1. The van der Waals surface area contributed by atoms with E-state index in [0.717, 1.165) is 28.7 Å². The molecule has 0 spiro atoms. The fourth-order valence-electron chi connectivity index (χ4n) is 5.02. The summed E-state index contributed by atoms with van der Waals surface area (Å²) >= 11 is 0. The molecule has 3 atom stereocenters. The van der Waals surface area contributed by atoms with Crippen molar-refractivity contribution in [2.75, 3.05) is 6.61 Å². The van der Waals surface area contributed by atoms with E-state index in [0.29, 0.717) is 19.3 Å². The zero-order valence-corrected chi connectivity index (χ0v) is 18.8. The van der Waals surface area contributed by atoms with Crippen LogP contribution in [0, 0.1) is 5.92 Å². The molecule has 2 aromatic rings. The van der Waals surface area contributed by atoms with Crippen LogP contribution in [0.15, 0.2) is 48.5 Å². The second kappa shape index (κ2) is 10.1. The summed E-state index contributed by atoms with van der Waals surface area (Å²) in [5.41, 5.74) is 4.61. The molecule has 7 nitrogen and oxygen atoms in total. The van der Waals surface area contributed by atoms with Crippen molar-refractivity contribution in [3.63, 3.8) is 0 Å². The van der Waals surface area contributed by atoms with Gasteiger partial charge in [-0.1, -0.05) is 61.9 Å². The van der Waals surface area contributed by atoms with Crippen molar-refractivity contribution >= 4 is 18.0 Å². The molecule has 4 rings (SSSR count). The van der Waals surface area contributed by atoms with Crippen LogP contribution in [0.2, 0.25) is 0 Å². The van der Waals surface area contributed by atoms with Gasteiger partial charge in [0.05, 0.1) is 5.92 Å². The van der Waals surface area contributed by atoms with E-state index in [2.05, 4.69) is 34.9 Å². The molecular weight excluding hydrogens is 420 g/mol. The highest BCUT2D eigenvalue weighted by Crippen LogP contribution is 2.44. The first-order valence-electron chi connectivity index (χ1n) is 11.6. The molecule has 0 heterocycles. The molecule has 0 aromatic heterocycles. The van der Waals surface area contributed by atoms with Gasteiger partial charge in [-0.2, -0.15) is 0 Å². The number of nitrogens with one attached hydrogen (secondary N) is 2. The number of ether oxygens (including phenoxy) is 1. The largest absolute Gasteiger partial charge is 0.481 e. The van der Waals surface area contributed by atoms with Crippen LogP contribution in [0.1, 0.15) is 56.1 Å². The van der Waals surface area contributed by atoms with Crippen LogP contribution in [0.3, 0.4) is 0 Å². The zero-order chi connectivity index (χ0) is 23.4. The second-order valence-electron chi connectivity index (χ2n) is 8.83. The summed E-state index contributed by atoms with van der Waals surface area (Å²) in [6, 6.07) is 15.6. The summed E-state index contributed by atoms with van der Waals surface area (Å²) in [6.07, 6.45) is 2.13. The summed E-state index contributed by atoms with van der Waals surface area (Å²) in [4.78, 5) is 36.3. The standard InChI is InChI=1S/C26H30N2O5/c1-2-16(14-24(29)28-23-13-7-12-21(23)25(30)31)27-26(32)33-15-22-19-10-5-3-8-17(19)18-9-4-6-11-20(18)22/h3-6,8-11,16,21-23H,2,7,12-15H2,1H3,(H,27,32)(H,28,29)(H,30,31)/t16-,21?,23?/m1/s1. The maximum Gasteiger partial charge on any atom is 0.407 e. The highest BCUT2D eigenvalue weighted by atomic mass is 16.5. The van der Waals surface area contributed by atoms with Crippen molar-refractivity contribution in [1.29, 1.82) is 0 Å². The first-order chi connectivity index (χ1) is 16.0. The van der Waals surface area contributed by atoms with E-state index in [-0.39, 0.29) is 36.9 Å². The second-order valence-corrected chi connectivity index (χ2v) is 8.83.